The van der Waals surface area contributed by atoms with Gasteiger partial charge in [0.2, 0.25) is 0 Å². The van der Waals surface area contributed by atoms with Gasteiger partial charge in [-0.15, -0.1) is 0 Å². The van der Waals surface area contributed by atoms with Crippen LogP contribution in [0.5, 0.6) is 0 Å². The Kier molecular flexibility index (Phi) is 7.80. The maximum Gasteiger partial charge on any atom is 0.0991 e. The maximum absolute atomic E-state index is 9.11. The highest BCUT2D eigenvalue weighted by Crippen LogP contribution is 2.40. The lowest BCUT2D eigenvalue weighted by molar-refractivity contribution is 0.0527. The number of hydrogen-bond acceptors (Lipinski definition) is 4. The van der Waals surface area contributed by atoms with E-state index < -0.39 is 0 Å². The molecule has 7 heteroatoms. The van der Waals surface area contributed by atoms with Crippen molar-refractivity contribution >= 4 is 40.5 Å². The summed E-state index contributed by atoms with van der Waals surface area (Å²) in [5.41, 5.74) is 3.90. The minimum absolute atomic E-state index is 0.00646. The Bertz CT molecular complexity index is 1130. The summed E-state index contributed by atoms with van der Waals surface area (Å²) in [7, 11) is 1.73. The predicted molar refractivity (Wildman–Crippen MR) is 135 cm³/mol. The smallest absolute Gasteiger partial charge is 0.0991 e. The number of benzene rings is 3. The molecule has 33 heavy (non-hydrogen) atoms. The van der Waals surface area contributed by atoms with Gasteiger partial charge in [-0.05, 0) is 53.6 Å². The van der Waals surface area contributed by atoms with E-state index in [1.807, 2.05) is 48.5 Å². The molecule has 0 N–H and O–H groups in total. The quantitative estimate of drug-likeness (QED) is 0.382. The van der Waals surface area contributed by atoms with Crippen molar-refractivity contribution in [2.45, 2.75) is 18.6 Å². The first-order valence-electron chi connectivity index (χ1n) is 10.7. The zero-order valence-corrected chi connectivity index (χ0v) is 20.5. The summed E-state index contributed by atoms with van der Waals surface area (Å²) in [6.07, 6.45) is 0. The monoisotopic (exact) mass is 499 g/mol. The van der Waals surface area contributed by atoms with Gasteiger partial charge in [-0.3, -0.25) is 4.90 Å². The van der Waals surface area contributed by atoms with Crippen LogP contribution in [0.15, 0.2) is 66.7 Å². The fourth-order valence-electron chi connectivity index (χ4n) is 4.48. The fraction of sp³-hybridized carbons (Fsp3) is 0.269. The van der Waals surface area contributed by atoms with Gasteiger partial charge in [0.1, 0.15) is 0 Å². The third-order valence-corrected chi connectivity index (χ3v) is 6.82. The lowest BCUT2D eigenvalue weighted by Gasteiger charge is -2.49. The average Bonchev–Trinajstić information content (AvgIpc) is 2.81. The second-order valence-corrected chi connectivity index (χ2v) is 9.37. The topological polar surface area (TPSA) is 39.5 Å². The van der Waals surface area contributed by atoms with Crippen LogP contribution in [0.4, 0.5) is 5.69 Å². The van der Waals surface area contributed by atoms with Crippen LogP contribution in [0.25, 0.3) is 0 Å². The standard InChI is InChI=1S/C26H24Cl3N3O/c1-33-17-25-26(20-6-8-21(27)9-7-20)32(24-11-10-22(28)14-23(24)29)13-12-31(25)16-19-4-2-18(15-30)3-5-19/h2-11,14,25-26H,12-13,16-17H2,1H3/t25-,26-/m0/s1. The lowest BCUT2D eigenvalue weighted by atomic mass is 9.93. The number of anilines is 1. The summed E-state index contributed by atoms with van der Waals surface area (Å²) in [5, 5.41) is 11.0. The zero-order valence-electron chi connectivity index (χ0n) is 18.2. The Labute approximate surface area is 209 Å². The number of rotatable bonds is 6. The third kappa shape index (κ3) is 5.46. The number of methoxy groups -OCH3 is 1. The van der Waals surface area contributed by atoms with Crippen molar-refractivity contribution in [3.8, 4) is 6.07 Å². The Balaban J connectivity index is 1.72. The molecule has 0 aliphatic carbocycles. The van der Waals surface area contributed by atoms with E-state index in [-0.39, 0.29) is 12.1 Å². The van der Waals surface area contributed by atoms with Crippen molar-refractivity contribution in [3.63, 3.8) is 0 Å². The summed E-state index contributed by atoms with van der Waals surface area (Å²) in [5.74, 6) is 0. The maximum atomic E-state index is 9.11. The molecule has 0 aromatic heterocycles. The summed E-state index contributed by atoms with van der Waals surface area (Å²) in [6, 6.07) is 23.6. The van der Waals surface area contributed by atoms with Crippen LogP contribution in [0.2, 0.25) is 15.1 Å². The van der Waals surface area contributed by atoms with Gasteiger partial charge in [0.15, 0.2) is 0 Å². The molecule has 0 radical (unpaired) electrons. The average molecular weight is 501 g/mol. The van der Waals surface area contributed by atoms with E-state index in [1.165, 1.54) is 0 Å². The number of halogens is 3. The molecule has 0 unspecified atom stereocenters. The number of hydrogen-bond donors (Lipinski definition) is 0. The minimum Gasteiger partial charge on any atom is -0.383 e. The molecule has 3 aromatic rings. The predicted octanol–water partition coefficient (Wildman–Crippen LogP) is 6.60. The van der Waals surface area contributed by atoms with E-state index in [4.69, 9.17) is 44.8 Å². The zero-order chi connectivity index (χ0) is 23.4. The van der Waals surface area contributed by atoms with E-state index in [2.05, 4.69) is 28.0 Å². The van der Waals surface area contributed by atoms with Gasteiger partial charge in [-0.25, -0.2) is 0 Å². The van der Waals surface area contributed by atoms with E-state index in [0.29, 0.717) is 27.2 Å². The Morgan fingerprint density at radius 3 is 2.27 bits per heavy atom. The molecule has 0 spiro atoms. The first kappa shape index (κ1) is 23.9. The van der Waals surface area contributed by atoms with E-state index in [9.17, 15) is 0 Å². The second kappa shape index (κ2) is 10.8. The number of nitrogens with zero attached hydrogens (tertiary/aromatic N) is 3. The highest BCUT2D eigenvalue weighted by atomic mass is 35.5. The third-order valence-electron chi connectivity index (χ3n) is 6.03. The van der Waals surface area contributed by atoms with E-state index in [1.54, 1.807) is 13.2 Å². The number of ether oxygens (including phenoxy) is 1. The van der Waals surface area contributed by atoms with Crippen molar-refractivity contribution in [3.05, 3.63) is 98.5 Å². The van der Waals surface area contributed by atoms with E-state index >= 15 is 0 Å². The van der Waals surface area contributed by atoms with Gasteiger partial charge in [0.05, 0.1) is 41.0 Å². The van der Waals surface area contributed by atoms with Crippen molar-refractivity contribution in [2.24, 2.45) is 0 Å². The van der Waals surface area contributed by atoms with Crippen molar-refractivity contribution in [2.75, 3.05) is 31.7 Å². The van der Waals surface area contributed by atoms with Gasteiger partial charge in [-0.2, -0.15) is 5.26 Å². The molecule has 4 rings (SSSR count). The fourth-order valence-corrected chi connectivity index (χ4v) is 5.12. The SMILES string of the molecule is COC[C@H]1[C@H](c2ccc(Cl)cc2)N(c2ccc(Cl)cc2Cl)CCN1Cc1ccc(C#N)cc1. The van der Waals surface area contributed by atoms with Gasteiger partial charge < -0.3 is 9.64 Å². The molecule has 4 nitrogen and oxygen atoms in total. The summed E-state index contributed by atoms with van der Waals surface area (Å²) < 4.78 is 5.70. The Morgan fingerprint density at radius 2 is 1.64 bits per heavy atom. The molecular weight excluding hydrogens is 477 g/mol. The normalized spacial score (nSPS) is 18.8. The summed E-state index contributed by atoms with van der Waals surface area (Å²) in [4.78, 5) is 4.77. The molecule has 1 aliphatic heterocycles. The second-order valence-electron chi connectivity index (χ2n) is 8.09. The van der Waals surface area contributed by atoms with Crippen LogP contribution < -0.4 is 4.90 Å². The molecule has 2 atom stereocenters. The van der Waals surface area contributed by atoms with Gasteiger partial charge in [0.25, 0.3) is 0 Å². The van der Waals surface area contributed by atoms with Gasteiger partial charge >= 0.3 is 0 Å². The van der Waals surface area contributed by atoms with Crippen molar-refractivity contribution < 1.29 is 4.74 Å². The highest BCUT2D eigenvalue weighted by molar-refractivity contribution is 6.36. The molecule has 0 bridgehead atoms. The molecule has 1 aliphatic rings. The van der Waals surface area contributed by atoms with Crippen LogP contribution in [-0.2, 0) is 11.3 Å². The first-order chi connectivity index (χ1) is 16.0. The van der Waals surface area contributed by atoms with Crippen LogP contribution >= 0.6 is 34.8 Å². The number of piperazine rings is 1. The van der Waals surface area contributed by atoms with Crippen LogP contribution in [0.1, 0.15) is 22.7 Å². The van der Waals surface area contributed by atoms with Gasteiger partial charge in [0, 0.05) is 36.8 Å². The molecular formula is C26H24Cl3N3O. The summed E-state index contributed by atoms with van der Waals surface area (Å²) >= 11 is 19.0. The number of nitriles is 1. The van der Waals surface area contributed by atoms with Crippen LogP contribution in [-0.4, -0.2) is 37.7 Å². The van der Waals surface area contributed by atoms with Crippen molar-refractivity contribution in [1.29, 1.82) is 5.26 Å². The molecule has 1 fully saturated rings. The lowest BCUT2D eigenvalue weighted by Crippen LogP contribution is -2.56. The molecule has 1 heterocycles. The molecule has 3 aromatic carbocycles. The largest absolute Gasteiger partial charge is 0.383 e. The highest BCUT2D eigenvalue weighted by Gasteiger charge is 2.38. The molecule has 0 saturated carbocycles. The first-order valence-corrected chi connectivity index (χ1v) is 11.8. The summed E-state index contributed by atoms with van der Waals surface area (Å²) in [6.45, 7) is 2.92. The Hall–Kier alpha value is -2.26. The molecule has 0 amide bonds. The van der Waals surface area contributed by atoms with E-state index in [0.717, 1.165) is 36.4 Å². The van der Waals surface area contributed by atoms with Gasteiger partial charge in [-0.1, -0.05) is 59.1 Å². The van der Waals surface area contributed by atoms with Crippen LogP contribution in [0.3, 0.4) is 0 Å². The Morgan fingerprint density at radius 1 is 0.939 bits per heavy atom. The molecule has 170 valence electrons. The van der Waals surface area contributed by atoms with Crippen LogP contribution in [0, 0.1) is 11.3 Å². The van der Waals surface area contributed by atoms with Crippen molar-refractivity contribution in [1.82, 2.24) is 4.90 Å². The minimum atomic E-state index is -0.00646. The molecule has 1 saturated heterocycles.